The normalized spacial score (nSPS) is 11.0. The van der Waals surface area contributed by atoms with E-state index >= 15 is 0 Å². The second-order valence-electron chi connectivity index (χ2n) is 4.60. The van der Waals surface area contributed by atoms with E-state index in [0.717, 1.165) is 11.1 Å². The summed E-state index contributed by atoms with van der Waals surface area (Å²) in [7, 11) is -4.56. The van der Waals surface area contributed by atoms with E-state index in [1.807, 2.05) is 42.5 Å². The summed E-state index contributed by atoms with van der Waals surface area (Å²) in [5.74, 6) is 0. The number of hydrogen-bond acceptors (Lipinski definition) is 4. The van der Waals surface area contributed by atoms with Crippen molar-refractivity contribution in [1.29, 1.82) is 0 Å². The van der Waals surface area contributed by atoms with Crippen LogP contribution in [0.25, 0.3) is 10.8 Å². The van der Waals surface area contributed by atoms with Gasteiger partial charge in [-0.05, 0) is 23.6 Å². The molecular weight excluding hydrogens is 309 g/mol. The maximum Gasteiger partial charge on any atom is 1.00 e. The zero-order valence-corrected chi connectivity index (χ0v) is 14.8. The molecule has 1 N–H and O–H groups in total. The number of fused-ring (bicyclic) bond motifs is 1. The van der Waals surface area contributed by atoms with Crippen LogP contribution < -0.4 is 34.9 Å². The average Bonchev–Trinajstić information content (AvgIpc) is 2.47. The van der Waals surface area contributed by atoms with Gasteiger partial charge in [-0.1, -0.05) is 48.5 Å². The Morgan fingerprint density at radius 3 is 2.14 bits per heavy atom. The predicted octanol–water partition coefficient (Wildman–Crippen LogP) is 0.491. The molecule has 3 rings (SSSR count). The quantitative estimate of drug-likeness (QED) is 0.563. The van der Waals surface area contributed by atoms with Crippen molar-refractivity contribution in [3.8, 4) is 0 Å². The second kappa shape index (κ2) is 6.81. The molecule has 0 saturated heterocycles. The van der Waals surface area contributed by atoms with Gasteiger partial charge in [0, 0.05) is 11.1 Å². The first-order valence-electron chi connectivity index (χ1n) is 6.35. The zero-order valence-electron chi connectivity index (χ0n) is 12.0. The van der Waals surface area contributed by atoms with Gasteiger partial charge >= 0.3 is 29.6 Å². The van der Waals surface area contributed by atoms with Gasteiger partial charge < -0.3 is 9.87 Å². The van der Waals surface area contributed by atoms with Crippen molar-refractivity contribution in [1.82, 2.24) is 0 Å². The monoisotopic (exact) mass is 321 g/mol. The van der Waals surface area contributed by atoms with Crippen LogP contribution in [0.5, 0.6) is 0 Å². The molecule has 0 amide bonds. The van der Waals surface area contributed by atoms with Gasteiger partial charge in [0.1, 0.15) is 10.1 Å². The van der Waals surface area contributed by atoms with Crippen LogP contribution in [-0.4, -0.2) is 13.0 Å². The first-order chi connectivity index (χ1) is 10.1. The molecule has 0 atom stereocenters. The summed E-state index contributed by atoms with van der Waals surface area (Å²) in [6, 6.07) is 19.4. The summed E-state index contributed by atoms with van der Waals surface area (Å²) in [5, 5.41) is 4.60. The first kappa shape index (κ1) is 17.0. The Kier molecular flexibility index (Phi) is 5.26. The van der Waals surface area contributed by atoms with Crippen molar-refractivity contribution in [2.24, 2.45) is 0 Å². The molecule has 0 aliphatic rings. The summed E-state index contributed by atoms with van der Waals surface area (Å²) < 4.78 is 34.5. The van der Waals surface area contributed by atoms with Crippen LogP contribution in [0.1, 0.15) is 0 Å². The van der Waals surface area contributed by atoms with Gasteiger partial charge in [-0.3, -0.25) is 0 Å². The van der Waals surface area contributed by atoms with Crippen molar-refractivity contribution < 1.29 is 42.5 Å². The number of rotatable bonds is 3. The maximum atomic E-state index is 11.5. The van der Waals surface area contributed by atoms with E-state index < -0.39 is 10.1 Å². The molecule has 0 heterocycles. The molecule has 0 radical (unpaired) electrons. The fourth-order valence-corrected chi connectivity index (χ4v) is 2.90. The molecule has 0 bridgehead atoms. The van der Waals surface area contributed by atoms with Crippen LogP contribution in [0.4, 0.5) is 11.4 Å². The van der Waals surface area contributed by atoms with E-state index in [-0.39, 0.29) is 34.5 Å². The Morgan fingerprint density at radius 2 is 1.45 bits per heavy atom. The largest absolute Gasteiger partial charge is 1.00 e. The number of anilines is 2. The van der Waals surface area contributed by atoms with Gasteiger partial charge in [0.05, 0.1) is 10.6 Å². The van der Waals surface area contributed by atoms with Crippen molar-refractivity contribution in [2.45, 2.75) is 4.90 Å². The van der Waals surface area contributed by atoms with Gasteiger partial charge in [0.25, 0.3) is 0 Å². The Morgan fingerprint density at radius 1 is 0.818 bits per heavy atom. The number of nitrogens with one attached hydrogen (secondary N) is 1. The van der Waals surface area contributed by atoms with Gasteiger partial charge in [0.15, 0.2) is 0 Å². The van der Waals surface area contributed by atoms with E-state index in [9.17, 15) is 13.0 Å². The van der Waals surface area contributed by atoms with Crippen LogP contribution in [0.2, 0.25) is 0 Å². The fraction of sp³-hybridized carbons (Fsp3) is 0. The molecule has 3 aromatic carbocycles. The topological polar surface area (TPSA) is 69.2 Å². The zero-order chi connectivity index (χ0) is 14.9. The molecular formula is C16H12NNaO3S. The minimum absolute atomic E-state index is 0. The van der Waals surface area contributed by atoms with Crippen LogP contribution in [0, 0.1) is 0 Å². The molecule has 3 aromatic rings. The summed E-state index contributed by atoms with van der Waals surface area (Å²) in [4.78, 5) is -0.245. The van der Waals surface area contributed by atoms with Crippen molar-refractivity contribution in [3.05, 3.63) is 66.7 Å². The van der Waals surface area contributed by atoms with Crippen LogP contribution in [-0.2, 0) is 10.1 Å². The summed E-state index contributed by atoms with van der Waals surface area (Å²) in [5.41, 5.74) is 1.04. The van der Waals surface area contributed by atoms with E-state index in [4.69, 9.17) is 0 Å². The van der Waals surface area contributed by atoms with Crippen LogP contribution >= 0.6 is 0 Å². The van der Waals surface area contributed by atoms with Crippen molar-refractivity contribution in [2.75, 3.05) is 5.32 Å². The molecule has 0 unspecified atom stereocenters. The van der Waals surface area contributed by atoms with Gasteiger partial charge in [-0.15, -0.1) is 0 Å². The molecule has 0 spiro atoms. The number of hydrogen-bond donors (Lipinski definition) is 1. The molecule has 0 fully saturated rings. The smallest absolute Gasteiger partial charge is 0.744 e. The molecule has 0 aromatic heterocycles. The standard InChI is InChI=1S/C16H13NO3S.Na/c18-21(19,20)15-11-10-12-6-4-5-9-14(12)16(15)17-13-7-2-1-3-8-13;/h1-11,17H,(H,18,19,20);/q;+1/p-1. The third kappa shape index (κ3) is 3.51. The van der Waals surface area contributed by atoms with E-state index in [2.05, 4.69) is 5.32 Å². The molecule has 22 heavy (non-hydrogen) atoms. The maximum absolute atomic E-state index is 11.5. The Hall–Kier alpha value is -1.37. The van der Waals surface area contributed by atoms with Gasteiger partial charge in [0.2, 0.25) is 0 Å². The van der Waals surface area contributed by atoms with E-state index in [0.29, 0.717) is 11.1 Å². The van der Waals surface area contributed by atoms with Gasteiger partial charge in [-0.25, -0.2) is 8.42 Å². The molecule has 106 valence electrons. The molecule has 4 nitrogen and oxygen atoms in total. The third-order valence-corrected chi connectivity index (χ3v) is 4.08. The summed E-state index contributed by atoms with van der Waals surface area (Å²) >= 11 is 0. The summed E-state index contributed by atoms with van der Waals surface area (Å²) in [6.45, 7) is 0. The Balaban J connectivity index is 0.00000176. The molecule has 6 heteroatoms. The van der Waals surface area contributed by atoms with Crippen molar-refractivity contribution in [3.63, 3.8) is 0 Å². The predicted molar refractivity (Wildman–Crippen MR) is 81.6 cm³/mol. The third-order valence-electron chi connectivity index (χ3n) is 3.20. The van der Waals surface area contributed by atoms with E-state index in [1.165, 1.54) is 6.07 Å². The Labute approximate surface area is 151 Å². The molecule has 0 aliphatic carbocycles. The average molecular weight is 321 g/mol. The first-order valence-corrected chi connectivity index (χ1v) is 7.76. The number of para-hydroxylation sites is 1. The fourth-order valence-electron chi connectivity index (χ4n) is 2.25. The number of benzene rings is 3. The second-order valence-corrected chi connectivity index (χ2v) is 5.95. The van der Waals surface area contributed by atoms with Crippen LogP contribution in [0.15, 0.2) is 71.6 Å². The Bertz CT molecular complexity index is 896. The minimum atomic E-state index is -4.56. The van der Waals surface area contributed by atoms with Gasteiger partial charge in [-0.2, -0.15) is 0 Å². The van der Waals surface area contributed by atoms with Crippen molar-refractivity contribution >= 4 is 32.3 Å². The molecule has 0 saturated carbocycles. The SMILES string of the molecule is O=S(=O)([O-])c1ccc2ccccc2c1Nc1ccccc1.[Na+]. The van der Waals surface area contributed by atoms with E-state index in [1.54, 1.807) is 18.2 Å². The summed E-state index contributed by atoms with van der Waals surface area (Å²) in [6.07, 6.45) is 0. The van der Waals surface area contributed by atoms with Crippen LogP contribution in [0.3, 0.4) is 0 Å². The molecule has 0 aliphatic heterocycles. The minimum Gasteiger partial charge on any atom is -0.744 e.